The lowest BCUT2D eigenvalue weighted by molar-refractivity contribution is 0.0563. The summed E-state index contributed by atoms with van der Waals surface area (Å²) in [6.45, 7) is 3.67. The molecule has 2 rings (SSSR count). The third-order valence-electron chi connectivity index (χ3n) is 4.27. The summed E-state index contributed by atoms with van der Waals surface area (Å²) in [5.74, 6) is 1.96. The molecule has 0 aromatic rings. The molecule has 15 heavy (non-hydrogen) atoms. The highest BCUT2D eigenvalue weighted by Gasteiger charge is 2.29. The Hall–Kier alpha value is -0.460. The number of rotatable bonds is 3. The van der Waals surface area contributed by atoms with Crippen molar-refractivity contribution in [2.45, 2.75) is 63.9 Å². The van der Waals surface area contributed by atoms with Gasteiger partial charge in [-0.15, -0.1) is 0 Å². The smallest absolute Gasteiger partial charge is 0.0980 e. The Morgan fingerprint density at radius 1 is 0.867 bits per heavy atom. The van der Waals surface area contributed by atoms with Crippen molar-refractivity contribution in [1.29, 1.82) is 0 Å². The summed E-state index contributed by atoms with van der Waals surface area (Å²) in [7, 11) is 0. The van der Waals surface area contributed by atoms with E-state index in [0.717, 1.165) is 11.8 Å². The second-order valence-corrected chi connectivity index (χ2v) is 5.25. The van der Waals surface area contributed by atoms with Crippen LogP contribution >= 0.6 is 0 Å². The molecule has 0 aromatic carbocycles. The predicted molar refractivity (Wildman–Crippen MR) is 63.6 cm³/mol. The van der Waals surface area contributed by atoms with Crippen LogP contribution in [0.2, 0.25) is 0 Å². The number of hydrogen-bond donors (Lipinski definition) is 0. The Balaban J connectivity index is 1.82. The molecule has 2 fully saturated rings. The van der Waals surface area contributed by atoms with Gasteiger partial charge in [-0.25, -0.2) is 0 Å². The molecule has 0 saturated heterocycles. The monoisotopic (exact) mass is 208 g/mol. The van der Waals surface area contributed by atoms with Crippen LogP contribution in [0.5, 0.6) is 0 Å². The molecule has 0 N–H and O–H groups in total. The van der Waals surface area contributed by atoms with Crippen molar-refractivity contribution in [1.82, 2.24) is 0 Å². The minimum Gasteiger partial charge on any atom is -0.499 e. The second-order valence-electron chi connectivity index (χ2n) is 5.25. The molecule has 1 nitrogen and oxygen atoms in total. The fraction of sp³-hybridized carbons (Fsp3) is 0.857. The van der Waals surface area contributed by atoms with E-state index in [1.807, 2.05) is 0 Å². The van der Waals surface area contributed by atoms with Gasteiger partial charge in [0.15, 0.2) is 0 Å². The van der Waals surface area contributed by atoms with Gasteiger partial charge >= 0.3 is 0 Å². The maximum atomic E-state index is 5.57. The molecular weight excluding hydrogens is 184 g/mol. The first-order valence-corrected chi connectivity index (χ1v) is 6.66. The van der Waals surface area contributed by atoms with E-state index in [1.165, 1.54) is 57.8 Å². The van der Waals surface area contributed by atoms with Crippen LogP contribution in [0.15, 0.2) is 12.8 Å². The van der Waals surface area contributed by atoms with E-state index in [-0.39, 0.29) is 0 Å². The molecular formula is C14H24O. The quantitative estimate of drug-likeness (QED) is 0.629. The van der Waals surface area contributed by atoms with Gasteiger partial charge in [-0.05, 0) is 37.5 Å². The van der Waals surface area contributed by atoms with Crippen molar-refractivity contribution >= 4 is 0 Å². The van der Waals surface area contributed by atoms with Crippen LogP contribution in [0.3, 0.4) is 0 Å². The van der Waals surface area contributed by atoms with Gasteiger partial charge in [0.05, 0.1) is 12.4 Å². The molecule has 0 aliphatic heterocycles. The lowest BCUT2D eigenvalue weighted by Gasteiger charge is -2.36. The maximum Gasteiger partial charge on any atom is 0.0980 e. The molecule has 0 bridgehead atoms. The van der Waals surface area contributed by atoms with Crippen LogP contribution in [0.1, 0.15) is 57.8 Å². The number of ether oxygens (including phenoxy) is 1. The van der Waals surface area contributed by atoms with Gasteiger partial charge in [0.2, 0.25) is 0 Å². The topological polar surface area (TPSA) is 9.23 Å². The molecule has 2 unspecified atom stereocenters. The third-order valence-corrected chi connectivity index (χ3v) is 4.27. The van der Waals surface area contributed by atoms with E-state index in [4.69, 9.17) is 4.74 Å². The lowest BCUT2D eigenvalue weighted by Crippen LogP contribution is -2.27. The van der Waals surface area contributed by atoms with Gasteiger partial charge in [0.25, 0.3) is 0 Å². The summed E-state index contributed by atoms with van der Waals surface area (Å²) in [5.41, 5.74) is 0. The van der Waals surface area contributed by atoms with E-state index in [9.17, 15) is 0 Å². The van der Waals surface area contributed by atoms with Gasteiger partial charge in [-0.1, -0.05) is 38.7 Å². The van der Waals surface area contributed by atoms with Crippen LogP contribution in [-0.2, 0) is 4.74 Å². The first-order chi connectivity index (χ1) is 7.40. The second kappa shape index (κ2) is 5.58. The highest BCUT2D eigenvalue weighted by molar-refractivity contribution is 4.81. The van der Waals surface area contributed by atoms with Crippen molar-refractivity contribution in [3.8, 4) is 0 Å². The molecule has 0 amide bonds. The van der Waals surface area contributed by atoms with E-state index >= 15 is 0 Å². The van der Waals surface area contributed by atoms with E-state index in [2.05, 4.69) is 6.58 Å². The highest BCUT2D eigenvalue weighted by Crippen LogP contribution is 2.38. The molecule has 2 aliphatic rings. The molecule has 1 heteroatoms. The van der Waals surface area contributed by atoms with Crippen LogP contribution in [0.25, 0.3) is 0 Å². The van der Waals surface area contributed by atoms with E-state index < -0.39 is 0 Å². The average molecular weight is 208 g/mol. The molecule has 86 valence electrons. The Kier molecular flexibility index (Phi) is 4.10. The predicted octanol–water partition coefficient (Wildman–Crippen LogP) is 4.29. The summed E-state index contributed by atoms with van der Waals surface area (Å²) < 4.78 is 5.57. The van der Waals surface area contributed by atoms with Gasteiger partial charge < -0.3 is 4.74 Å². The average Bonchev–Trinajstić information content (AvgIpc) is 2.31. The normalized spacial score (nSPS) is 33.6. The van der Waals surface area contributed by atoms with Crippen LogP contribution in [0, 0.1) is 11.8 Å². The highest BCUT2D eigenvalue weighted by atomic mass is 16.5. The zero-order chi connectivity index (χ0) is 10.5. The summed E-state index contributed by atoms with van der Waals surface area (Å²) in [5, 5.41) is 0. The van der Waals surface area contributed by atoms with Crippen molar-refractivity contribution in [3.05, 3.63) is 12.8 Å². The summed E-state index contributed by atoms with van der Waals surface area (Å²) in [6, 6.07) is 0. The first-order valence-electron chi connectivity index (χ1n) is 6.66. The standard InChI is InChI=1S/C14H24O/c1-2-15-14-10-6-9-13(11-14)12-7-4-3-5-8-12/h2,12-14H,1,3-11H2. The molecule has 2 atom stereocenters. The molecule has 0 aromatic heterocycles. The maximum absolute atomic E-state index is 5.57. The van der Waals surface area contributed by atoms with Gasteiger partial charge in [-0.3, -0.25) is 0 Å². The van der Waals surface area contributed by atoms with Crippen molar-refractivity contribution in [3.63, 3.8) is 0 Å². The van der Waals surface area contributed by atoms with Crippen molar-refractivity contribution in [2.24, 2.45) is 11.8 Å². The molecule has 2 saturated carbocycles. The first kappa shape index (κ1) is 11.0. The zero-order valence-corrected chi connectivity index (χ0v) is 9.79. The van der Waals surface area contributed by atoms with Gasteiger partial charge in [0.1, 0.15) is 0 Å². The molecule has 0 heterocycles. The summed E-state index contributed by atoms with van der Waals surface area (Å²) in [4.78, 5) is 0. The minimum absolute atomic E-state index is 0.475. The summed E-state index contributed by atoms with van der Waals surface area (Å²) >= 11 is 0. The van der Waals surface area contributed by atoms with E-state index in [0.29, 0.717) is 6.10 Å². The lowest BCUT2D eigenvalue weighted by atomic mass is 9.73. The summed E-state index contributed by atoms with van der Waals surface area (Å²) in [6.07, 6.45) is 14.8. The largest absolute Gasteiger partial charge is 0.499 e. The Morgan fingerprint density at radius 3 is 2.33 bits per heavy atom. The SMILES string of the molecule is C=COC1CCCC(C2CCCCC2)C1. The minimum atomic E-state index is 0.475. The van der Waals surface area contributed by atoms with Crippen molar-refractivity contribution < 1.29 is 4.74 Å². The fourth-order valence-electron chi connectivity index (χ4n) is 3.47. The number of hydrogen-bond acceptors (Lipinski definition) is 1. The molecule has 2 aliphatic carbocycles. The molecule has 0 spiro atoms. The Bertz CT molecular complexity index is 194. The van der Waals surface area contributed by atoms with Crippen molar-refractivity contribution in [2.75, 3.05) is 0 Å². The van der Waals surface area contributed by atoms with Gasteiger partial charge in [0, 0.05) is 0 Å². The van der Waals surface area contributed by atoms with Crippen LogP contribution < -0.4 is 0 Å². The molecule has 0 radical (unpaired) electrons. The Morgan fingerprint density at radius 2 is 1.60 bits per heavy atom. The van der Waals surface area contributed by atoms with Gasteiger partial charge in [-0.2, -0.15) is 0 Å². The third kappa shape index (κ3) is 2.99. The fourth-order valence-corrected chi connectivity index (χ4v) is 3.47. The van der Waals surface area contributed by atoms with Crippen LogP contribution in [0.4, 0.5) is 0 Å². The zero-order valence-electron chi connectivity index (χ0n) is 9.79. The van der Waals surface area contributed by atoms with Crippen LogP contribution in [-0.4, -0.2) is 6.10 Å². The Labute approximate surface area is 93.9 Å². The van der Waals surface area contributed by atoms with E-state index in [1.54, 1.807) is 6.26 Å².